The normalized spacial score (nSPS) is 41.5. The van der Waals surface area contributed by atoms with Crippen LogP contribution in [0.3, 0.4) is 0 Å². The summed E-state index contributed by atoms with van der Waals surface area (Å²) in [4.78, 5) is 38.7. The van der Waals surface area contributed by atoms with Gasteiger partial charge in [0.25, 0.3) is 0 Å². The van der Waals surface area contributed by atoms with Crippen LogP contribution in [0.4, 0.5) is 0 Å². The van der Waals surface area contributed by atoms with E-state index in [0.717, 1.165) is 56.9 Å². The Bertz CT molecular complexity index is 1360. The van der Waals surface area contributed by atoms with Crippen LogP contribution in [0.1, 0.15) is 146 Å². The van der Waals surface area contributed by atoms with E-state index in [1.807, 2.05) is 0 Å². The average Bonchev–Trinajstić information content (AvgIpc) is 3.27. The van der Waals surface area contributed by atoms with Gasteiger partial charge >= 0.3 is 11.9 Å². The number of hydrogen-bond acceptors (Lipinski definition) is 6. The lowest BCUT2D eigenvalue weighted by Gasteiger charge is -2.72. The fourth-order valence-corrected chi connectivity index (χ4v) is 13.0. The number of aliphatic carboxylic acids is 1. The molecule has 3 N–H and O–H groups in total. The molecule has 0 radical (unpaired) electrons. The largest absolute Gasteiger partial charge is 0.481 e. The molecule has 0 spiro atoms. The molecule has 5 fully saturated rings. The van der Waals surface area contributed by atoms with E-state index in [1.165, 1.54) is 24.8 Å². The first kappa shape index (κ1) is 36.1. The first-order valence-corrected chi connectivity index (χ1v) is 19.4. The molecule has 7 heteroatoms. The quantitative estimate of drug-likeness (QED) is 0.215. The first-order valence-electron chi connectivity index (χ1n) is 19.4. The minimum absolute atomic E-state index is 0.0322. The molecule has 6 aliphatic carbocycles. The monoisotopic (exact) mass is 667 g/mol. The van der Waals surface area contributed by atoms with Crippen molar-refractivity contribution in [2.45, 2.75) is 164 Å². The lowest BCUT2D eigenvalue weighted by molar-refractivity contribution is -0.235. The Morgan fingerprint density at radius 3 is 2.21 bits per heavy atom. The molecule has 7 nitrogen and oxygen atoms in total. The number of carbonyl (C=O) groups is 3. The Kier molecular flexibility index (Phi) is 8.96. The number of carboxylic acid groups (broad SMARTS) is 1. The summed E-state index contributed by atoms with van der Waals surface area (Å²) >= 11 is 0. The zero-order valence-electron chi connectivity index (χ0n) is 31.5. The van der Waals surface area contributed by atoms with E-state index in [2.05, 4.69) is 53.8 Å². The number of ketones is 1. The highest BCUT2D eigenvalue weighted by molar-refractivity contribution is 6.00. The van der Waals surface area contributed by atoms with Gasteiger partial charge in [-0.3, -0.25) is 14.4 Å². The number of esters is 1. The highest BCUT2D eigenvalue weighted by Crippen LogP contribution is 2.77. The van der Waals surface area contributed by atoms with Crippen molar-refractivity contribution in [3.8, 4) is 0 Å². The lowest BCUT2D eigenvalue weighted by Crippen LogP contribution is -2.66. The second-order valence-electron chi connectivity index (χ2n) is 19.6. The van der Waals surface area contributed by atoms with Crippen molar-refractivity contribution < 1.29 is 29.3 Å². The van der Waals surface area contributed by atoms with E-state index in [9.17, 15) is 24.6 Å². The Balaban J connectivity index is 1.28. The number of carboxylic acids is 1. The SMILES string of the molecule is CC(C)C1=C2[C@H]3CC[C@@H]4[C@@]5(C)CC[C@H](OC(=O)CC(C)(C)C(=O)O)C(C)(C)C5CC[C@@]4(C)[C@]3(C)CC[C@@]2([C@H](O)CNC2CCC2)CC1=O. The Hall–Kier alpha value is -1.73. The predicted molar refractivity (Wildman–Crippen MR) is 187 cm³/mol. The van der Waals surface area contributed by atoms with Crippen LogP contribution in [0.25, 0.3) is 0 Å². The molecule has 270 valence electrons. The summed E-state index contributed by atoms with van der Waals surface area (Å²) in [6.45, 7) is 20.3. The molecule has 9 atom stereocenters. The Labute approximate surface area is 289 Å². The second kappa shape index (κ2) is 11.9. The van der Waals surface area contributed by atoms with E-state index in [-0.39, 0.29) is 45.9 Å². The molecule has 0 saturated heterocycles. The summed E-state index contributed by atoms with van der Waals surface area (Å²) in [5.74, 6) is 0.251. The van der Waals surface area contributed by atoms with Gasteiger partial charge in [-0.1, -0.05) is 60.5 Å². The molecule has 0 bridgehead atoms. The standard InChI is InChI=1S/C41H65NO6/c1-24(2)33-27(43)21-41(30(44)23-42-25-11-10-12-25)20-19-39(8)26(34(33)41)13-14-29-38(7)17-16-31(48-32(45)22-36(3,4)35(46)47)37(5,6)28(38)15-18-40(29,39)9/h24-26,28-31,42,44H,10-23H2,1-9H3,(H,46,47)/t26-,28?,29-,30-,31+,38+,39-,40-,41+/m1/s1. The summed E-state index contributed by atoms with van der Waals surface area (Å²) in [5, 5.41) is 25.2. The number of allylic oxidation sites excluding steroid dienone is 1. The van der Waals surface area contributed by atoms with Crippen LogP contribution < -0.4 is 5.32 Å². The zero-order valence-corrected chi connectivity index (χ0v) is 31.5. The zero-order chi connectivity index (χ0) is 35.2. The highest BCUT2D eigenvalue weighted by Gasteiger charge is 2.70. The van der Waals surface area contributed by atoms with E-state index >= 15 is 0 Å². The number of Topliss-reactive ketones (excluding diaryl/α,β-unsaturated/α-hetero) is 1. The van der Waals surface area contributed by atoms with E-state index in [1.54, 1.807) is 13.8 Å². The molecule has 0 aromatic heterocycles. The van der Waals surface area contributed by atoms with Crippen molar-refractivity contribution in [3.05, 3.63) is 11.1 Å². The fraction of sp³-hybridized carbons (Fsp3) is 0.878. The minimum Gasteiger partial charge on any atom is -0.481 e. The Morgan fingerprint density at radius 1 is 0.917 bits per heavy atom. The fourth-order valence-electron chi connectivity index (χ4n) is 13.0. The van der Waals surface area contributed by atoms with Crippen LogP contribution in [0.15, 0.2) is 11.1 Å². The van der Waals surface area contributed by atoms with Gasteiger partial charge in [-0.25, -0.2) is 0 Å². The number of rotatable bonds is 9. The smallest absolute Gasteiger partial charge is 0.309 e. The van der Waals surface area contributed by atoms with Crippen LogP contribution in [-0.4, -0.2) is 52.7 Å². The topological polar surface area (TPSA) is 113 Å². The van der Waals surface area contributed by atoms with Gasteiger partial charge in [0.2, 0.25) is 0 Å². The van der Waals surface area contributed by atoms with Crippen LogP contribution in [-0.2, 0) is 19.1 Å². The molecule has 48 heavy (non-hydrogen) atoms. The summed E-state index contributed by atoms with van der Waals surface area (Å²) in [7, 11) is 0. The molecular formula is C41H65NO6. The van der Waals surface area contributed by atoms with Crippen LogP contribution >= 0.6 is 0 Å². The molecule has 0 amide bonds. The Morgan fingerprint density at radius 2 is 1.60 bits per heavy atom. The molecule has 0 heterocycles. The number of aliphatic hydroxyl groups is 1. The maximum Gasteiger partial charge on any atom is 0.309 e. The van der Waals surface area contributed by atoms with Crippen molar-refractivity contribution >= 4 is 17.7 Å². The third kappa shape index (κ3) is 5.20. The van der Waals surface area contributed by atoms with Crippen molar-refractivity contribution in [1.82, 2.24) is 5.32 Å². The number of aliphatic hydroxyl groups excluding tert-OH is 1. The maximum absolute atomic E-state index is 13.9. The van der Waals surface area contributed by atoms with Gasteiger partial charge in [0.15, 0.2) is 5.78 Å². The lowest BCUT2D eigenvalue weighted by atomic mass is 9.33. The molecule has 6 aliphatic rings. The summed E-state index contributed by atoms with van der Waals surface area (Å²) < 4.78 is 6.15. The van der Waals surface area contributed by atoms with Gasteiger partial charge in [-0.05, 0) is 124 Å². The number of hydrogen-bond donors (Lipinski definition) is 3. The molecular weight excluding hydrogens is 602 g/mol. The number of ether oxygens (including phenoxy) is 1. The van der Waals surface area contributed by atoms with Gasteiger partial charge in [-0.15, -0.1) is 0 Å². The van der Waals surface area contributed by atoms with Crippen LogP contribution in [0, 0.1) is 56.2 Å². The number of nitrogens with one attached hydrogen (secondary N) is 1. The van der Waals surface area contributed by atoms with E-state index < -0.39 is 28.9 Å². The third-order valence-corrected chi connectivity index (χ3v) is 16.2. The summed E-state index contributed by atoms with van der Waals surface area (Å²) in [5.41, 5.74) is 0.770. The van der Waals surface area contributed by atoms with E-state index in [0.29, 0.717) is 36.8 Å². The number of fused-ring (bicyclic) bond motifs is 7. The maximum atomic E-state index is 13.9. The minimum atomic E-state index is -1.15. The molecule has 5 saturated carbocycles. The van der Waals surface area contributed by atoms with Crippen molar-refractivity contribution in [2.75, 3.05) is 6.54 Å². The molecule has 0 aromatic carbocycles. The van der Waals surface area contributed by atoms with Crippen LogP contribution in [0.2, 0.25) is 0 Å². The summed E-state index contributed by atoms with van der Waals surface area (Å²) in [6.07, 6.45) is 11.3. The second-order valence-corrected chi connectivity index (χ2v) is 19.6. The van der Waals surface area contributed by atoms with E-state index in [4.69, 9.17) is 4.74 Å². The molecule has 1 unspecified atom stereocenters. The van der Waals surface area contributed by atoms with Gasteiger partial charge in [0.05, 0.1) is 17.9 Å². The third-order valence-electron chi connectivity index (χ3n) is 16.2. The van der Waals surface area contributed by atoms with Crippen molar-refractivity contribution in [2.24, 2.45) is 56.2 Å². The van der Waals surface area contributed by atoms with Crippen molar-refractivity contribution in [1.29, 1.82) is 0 Å². The van der Waals surface area contributed by atoms with Crippen LogP contribution in [0.5, 0.6) is 0 Å². The van der Waals surface area contributed by atoms with Gasteiger partial charge in [-0.2, -0.15) is 0 Å². The molecule has 0 aliphatic heterocycles. The van der Waals surface area contributed by atoms with Gasteiger partial charge < -0.3 is 20.3 Å². The number of carbonyl (C=O) groups excluding carboxylic acids is 2. The predicted octanol–water partition coefficient (Wildman–Crippen LogP) is 7.88. The first-order chi connectivity index (χ1) is 22.2. The van der Waals surface area contributed by atoms with Crippen molar-refractivity contribution in [3.63, 3.8) is 0 Å². The van der Waals surface area contributed by atoms with Gasteiger partial charge in [0, 0.05) is 29.8 Å². The average molecular weight is 668 g/mol. The molecule has 0 aromatic rings. The van der Waals surface area contributed by atoms with Gasteiger partial charge in [0.1, 0.15) is 6.10 Å². The molecule has 6 rings (SSSR count). The highest BCUT2D eigenvalue weighted by atomic mass is 16.5. The summed E-state index contributed by atoms with van der Waals surface area (Å²) in [6, 6.07) is 0.503.